The molecule has 0 fully saturated rings. The van der Waals surface area contributed by atoms with Gasteiger partial charge < -0.3 is 14.8 Å². The van der Waals surface area contributed by atoms with Crippen LogP contribution in [-0.4, -0.2) is 34.4 Å². The van der Waals surface area contributed by atoms with Crippen molar-refractivity contribution in [1.29, 1.82) is 0 Å². The number of hydrogen-bond acceptors (Lipinski definition) is 5. The van der Waals surface area contributed by atoms with Crippen LogP contribution >= 0.6 is 7.72 Å². The lowest BCUT2D eigenvalue weighted by molar-refractivity contribution is 0.0528. The molecule has 0 bridgehead atoms. The topological polar surface area (TPSA) is 88.0 Å². The van der Waals surface area contributed by atoms with Gasteiger partial charge >= 0.3 is 13.8 Å². The van der Waals surface area contributed by atoms with Crippen LogP contribution in [0.2, 0.25) is 0 Å². The van der Waals surface area contributed by atoms with Crippen molar-refractivity contribution in [3.8, 4) is 5.75 Å². The quantitative estimate of drug-likeness (QED) is 0.595. The van der Waals surface area contributed by atoms with Gasteiger partial charge in [-0.25, -0.2) is 14.6 Å². The van der Waals surface area contributed by atoms with Gasteiger partial charge in [0.2, 0.25) is 0 Å². The maximum Gasteiger partial charge on any atom is 0.407 e. The number of alkyl carbamates (subject to hydrolysis) is 1. The van der Waals surface area contributed by atoms with Crippen LogP contribution in [0.3, 0.4) is 0 Å². The van der Waals surface area contributed by atoms with Gasteiger partial charge in [-0.3, -0.25) is 0 Å². The van der Waals surface area contributed by atoms with Crippen molar-refractivity contribution in [2.24, 2.45) is 0 Å². The van der Waals surface area contributed by atoms with Gasteiger partial charge in [0.05, 0.1) is 0 Å². The molecule has 1 aliphatic rings. The van der Waals surface area contributed by atoms with Crippen molar-refractivity contribution in [2.75, 3.05) is 12.9 Å². The van der Waals surface area contributed by atoms with E-state index in [1.807, 2.05) is 39.0 Å². The molecule has 6 nitrogen and oxygen atoms in total. The fraction of sp³-hybridized carbons (Fsp3) is 0.550. The molecule has 2 rings (SSSR count). The van der Waals surface area contributed by atoms with Crippen LogP contribution in [0.25, 0.3) is 0 Å². The van der Waals surface area contributed by atoms with Gasteiger partial charge in [0.15, 0.2) is 0 Å². The summed E-state index contributed by atoms with van der Waals surface area (Å²) in [6, 6.07) is 7.41. The maximum atomic E-state index is 11.6. The van der Waals surface area contributed by atoms with Crippen LogP contribution in [0.1, 0.15) is 52.0 Å². The van der Waals surface area contributed by atoms with Crippen LogP contribution in [0.4, 0.5) is 4.79 Å². The van der Waals surface area contributed by atoms with E-state index in [1.54, 1.807) is 12.1 Å². The number of carbonyl (C=O) groups excluding carboxylic acids is 1. The fourth-order valence-electron chi connectivity index (χ4n) is 2.77. The van der Waals surface area contributed by atoms with Crippen molar-refractivity contribution >= 4 is 13.8 Å². The summed E-state index contributed by atoms with van der Waals surface area (Å²) >= 11 is 0. The Bertz CT molecular complexity index is 649. The summed E-state index contributed by atoms with van der Waals surface area (Å²) in [4.78, 5) is 32.3. The first kappa shape index (κ1) is 21.7. The normalized spacial score (nSPS) is 15.1. The molecule has 0 atom stereocenters. The second-order valence-electron chi connectivity index (χ2n) is 7.77. The summed E-state index contributed by atoms with van der Waals surface area (Å²) in [5, 5.41) is 3.47. The predicted molar refractivity (Wildman–Crippen MR) is 108 cm³/mol. The molecule has 1 aromatic carbocycles. The summed E-state index contributed by atoms with van der Waals surface area (Å²) in [6.07, 6.45) is 5.86. The van der Waals surface area contributed by atoms with E-state index in [0.717, 1.165) is 36.6 Å². The monoisotopic (exact) mass is 396 g/mol. The van der Waals surface area contributed by atoms with Crippen molar-refractivity contribution in [3.05, 3.63) is 41.2 Å². The van der Waals surface area contributed by atoms with Crippen molar-refractivity contribution in [1.82, 2.24) is 5.32 Å². The zero-order chi connectivity index (χ0) is 19.9. The zero-order valence-electron chi connectivity index (χ0n) is 16.4. The number of amides is 1. The molecule has 0 spiro atoms. The third-order valence-corrected chi connectivity index (χ3v) is 5.96. The van der Waals surface area contributed by atoms with Crippen molar-refractivity contribution in [2.45, 2.75) is 58.5 Å². The van der Waals surface area contributed by atoms with E-state index >= 15 is 0 Å². The minimum absolute atomic E-state index is 0.0849. The Morgan fingerprint density at radius 3 is 2.48 bits per heavy atom. The number of nitrogens with one attached hydrogen (secondary N) is 1. The highest BCUT2D eigenvalue weighted by Gasteiger charge is 2.40. The van der Waals surface area contributed by atoms with Gasteiger partial charge in [-0.15, -0.1) is 0 Å². The number of ether oxygens (including phenoxy) is 2. The van der Waals surface area contributed by atoms with Crippen molar-refractivity contribution < 1.29 is 24.1 Å². The summed E-state index contributed by atoms with van der Waals surface area (Å²) in [5.41, 5.74) is 0.538. The molecule has 0 aliphatic heterocycles. The molecule has 7 heteroatoms. The molecule has 0 unspecified atom stereocenters. The van der Waals surface area contributed by atoms with Crippen LogP contribution in [0.15, 0.2) is 35.7 Å². The number of benzene rings is 1. The van der Waals surface area contributed by atoms with Gasteiger partial charge in [-0.2, -0.15) is 0 Å². The van der Waals surface area contributed by atoms with E-state index in [-0.39, 0.29) is 6.35 Å². The molecular weight excluding hydrogens is 365 g/mol. The number of hydrogen-bond donors (Lipinski definition) is 3. The molecule has 27 heavy (non-hydrogen) atoms. The van der Waals surface area contributed by atoms with Gasteiger partial charge in [0, 0.05) is 13.0 Å². The third kappa shape index (κ3) is 7.87. The Morgan fingerprint density at radius 1 is 1.19 bits per heavy atom. The lowest BCUT2D eigenvalue weighted by Gasteiger charge is -2.19. The van der Waals surface area contributed by atoms with E-state index in [0.29, 0.717) is 18.7 Å². The lowest BCUT2D eigenvalue weighted by atomic mass is 10.1. The summed E-state index contributed by atoms with van der Waals surface area (Å²) in [6.45, 7) is 5.95. The summed E-state index contributed by atoms with van der Waals surface area (Å²) in [5.74, 6) is 0.600. The molecule has 0 aromatic heterocycles. The van der Waals surface area contributed by atoms with Gasteiger partial charge in [0.25, 0.3) is 6.35 Å². The van der Waals surface area contributed by atoms with E-state index in [4.69, 9.17) is 9.47 Å². The predicted octanol–water partition coefficient (Wildman–Crippen LogP) is 4.38. The van der Waals surface area contributed by atoms with Crippen LogP contribution in [-0.2, 0) is 11.2 Å². The summed E-state index contributed by atoms with van der Waals surface area (Å²) < 4.78 is 10.8. The Hall–Kier alpha value is -1.62. The van der Waals surface area contributed by atoms with Crippen molar-refractivity contribution in [3.63, 3.8) is 0 Å². The molecular formula is C20H31NO5P+. The van der Waals surface area contributed by atoms with Gasteiger partial charge in [-0.1, -0.05) is 12.1 Å². The zero-order valence-corrected chi connectivity index (χ0v) is 17.3. The lowest BCUT2D eigenvalue weighted by Crippen LogP contribution is -2.33. The first-order valence-electron chi connectivity index (χ1n) is 9.37. The third-order valence-electron chi connectivity index (χ3n) is 4.14. The fourth-order valence-corrected chi connectivity index (χ4v) is 4.20. The first-order chi connectivity index (χ1) is 12.7. The highest BCUT2D eigenvalue weighted by Crippen LogP contribution is 2.60. The molecule has 3 N–H and O–H groups in total. The van der Waals surface area contributed by atoms with Gasteiger partial charge in [-0.05, 0) is 70.2 Å². The average Bonchev–Trinajstić information content (AvgIpc) is 2.60. The molecule has 0 saturated carbocycles. The first-order valence-corrected chi connectivity index (χ1v) is 11.3. The smallest absolute Gasteiger partial charge is 0.407 e. The highest BCUT2D eigenvalue weighted by atomic mass is 31.2. The van der Waals surface area contributed by atoms with E-state index in [1.165, 1.54) is 0 Å². The van der Waals surface area contributed by atoms with Crippen LogP contribution < -0.4 is 10.1 Å². The SMILES string of the molecule is CC(C)(C)OC(=O)NCCc1ccc(OC[P+](O)(O)C2=CCCCC2)cc1. The van der Waals surface area contributed by atoms with Crippen LogP contribution in [0, 0.1) is 0 Å². The minimum atomic E-state index is -3.16. The summed E-state index contributed by atoms with van der Waals surface area (Å²) in [7, 11) is -3.16. The molecule has 1 aromatic rings. The van der Waals surface area contributed by atoms with E-state index in [2.05, 4.69) is 5.32 Å². The molecule has 0 heterocycles. The second kappa shape index (κ2) is 9.54. The minimum Gasteiger partial charge on any atom is -0.453 e. The average molecular weight is 396 g/mol. The molecule has 1 amide bonds. The Kier molecular flexibility index (Phi) is 7.66. The molecule has 0 radical (unpaired) electrons. The maximum absolute atomic E-state index is 11.6. The Balaban J connectivity index is 1.76. The second-order valence-corrected chi connectivity index (χ2v) is 10.1. The number of allylic oxidation sites excluding steroid dienone is 2. The largest absolute Gasteiger partial charge is 0.453 e. The Morgan fingerprint density at radius 2 is 1.89 bits per heavy atom. The van der Waals surface area contributed by atoms with E-state index < -0.39 is 19.4 Å². The molecule has 1 aliphatic carbocycles. The number of rotatable bonds is 7. The van der Waals surface area contributed by atoms with Crippen LogP contribution in [0.5, 0.6) is 5.75 Å². The Labute approximate surface area is 162 Å². The van der Waals surface area contributed by atoms with E-state index in [9.17, 15) is 14.6 Å². The molecule has 0 saturated heterocycles. The number of carbonyl (C=O) groups is 1. The standard InChI is InChI=1S/C20H30NO5P/c1-20(2,3)26-19(22)21-14-13-16-9-11-17(12-10-16)25-15-27(23,24)18-7-5-4-6-8-18/h7,9-12,23-24H,4-6,8,13-15H2,1-3H3/p+1. The highest BCUT2D eigenvalue weighted by molar-refractivity contribution is 7.68. The van der Waals surface area contributed by atoms with Gasteiger partial charge in [0.1, 0.15) is 16.7 Å². The molecule has 150 valence electrons.